The summed E-state index contributed by atoms with van der Waals surface area (Å²) in [5, 5.41) is 2.38. The lowest BCUT2D eigenvalue weighted by Crippen LogP contribution is -2.30. The number of halogens is 2. The van der Waals surface area contributed by atoms with E-state index in [1.54, 1.807) is 0 Å². The van der Waals surface area contributed by atoms with E-state index in [0.29, 0.717) is 4.47 Å². The molecule has 0 saturated carbocycles. The van der Waals surface area contributed by atoms with Crippen molar-refractivity contribution in [1.29, 1.82) is 0 Å². The second kappa shape index (κ2) is 5.77. The molecule has 0 heterocycles. The van der Waals surface area contributed by atoms with E-state index in [0.717, 1.165) is 12.3 Å². The molecule has 0 aliphatic heterocycles. The van der Waals surface area contributed by atoms with Crippen molar-refractivity contribution in [3.05, 3.63) is 28.0 Å². The van der Waals surface area contributed by atoms with Crippen LogP contribution in [0.4, 0.5) is 4.39 Å². The Morgan fingerprint density at radius 2 is 2.11 bits per heavy atom. The molecule has 0 aromatic heterocycles. The normalized spacial score (nSPS) is 11.3. The van der Waals surface area contributed by atoms with Gasteiger partial charge in [-0.25, -0.2) is 12.8 Å². The summed E-state index contributed by atoms with van der Waals surface area (Å²) in [6, 6.07) is 2.33. The molecule has 0 radical (unpaired) electrons. The van der Waals surface area contributed by atoms with Gasteiger partial charge in [-0.15, -0.1) is 0 Å². The number of benzene rings is 1. The number of carbonyl (C=O) groups excluding carboxylic acids is 1. The Morgan fingerprint density at radius 3 is 2.61 bits per heavy atom. The van der Waals surface area contributed by atoms with E-state index in [-0.39, 0.29) is 18.7 Å². The van der Waals surface area contributed by atoms with Gasteiger partial charge in [-0.1, -0.05) is 15.9 Å². The average Bonchev–Trinajstić information content (AvgIpc) is 2.27. The fourth-order valence-electron chi connectivity index (χ4n) is 1.28. The Kier molecular flexibility index (Phi) is 4.83. The minimum Gasteiger partial charge on any atom is -0.351 e. The van der Waals surface area contributed by atoms with E-state index < -0.39 is 26.5 Å². The van der Waals surface area contributed by atoms with Gasteiger partial charge in [0.15, 0.2) is 15.7 Å². The van der Waals surface area contributed by atoms with E-state index in [4.69, 9.17) is 5.73 Å². The highest BCUT2D eigenvalue weighted by Crippen LogP contribution is 2.24. The molecule has 3 N–H and O–H groups in total. The molecule has 0 fully saturated rings. The molecule has 0 bridgehead atoms. The lowest BCUT2D eigenvalue weighted by Gasteiger charge is -2.08. The molecule has 0 atom stereocenters. The summed E-state index contributed by atoms with van der Waals surface area (Å²) in [5.74, 6) is -1.76. The quantitative estimate of drug-likeness (QED) is 0.844. The minimum absolute atomic E-state index is 0.180. The van der Waals surface area contributed by atoms with E-state index in [9.17, 15) is 17.6 Å². The molecule has 0 saturated heterocycles. The molecule has 8 heteroatoms. The summed E-state index contributed by atoms with van der Waals surface area (Å²) in [6.45, 7) is 0.388. The molecule has 0 aliphatic rings. The van der Waals surface area contributed by atoms with Crippen LogP contribution in [-0.4, -0.2) is 33.7 Å². The van der Waals surface area contributed by atoms with Crippen molar-refractivity contribution in [2.75, 3.05) is 19.3 Å². The summed E-state index contributed by atoms with van der Waals surface area (Å²) < 4.78 is 37.0. The zero-order chi connectivity index (χ0) is 13.9. The Hall–Kier alpha value is -0.990. The van der Waals surface area contributed by atoms with Crippen LogP contribution in [-0.2, 0) is 9.84 Å². The van der Waals surface area contributed by atoms with Crippen LogP contribution >= 0.6 is 15.9 Å². The molecule has 100 valence electrons. The number of carbonyl (C=O) groups is 1. The van der Waals surface area contributed by atoms with Crippen LogP contribution < -0.4 is 11.1 Å². The van der Waals surface area contributed by atoms with Crippen LogP contribution in [0, 0.1) is 5.82 Å². The van der Waals surface area contributed by atoms with E-state index in [1.807, 2.05) is 0 Å². The zero-order valence-corrected chi connectivity index (χ0v) is 11.9. The van der Waals surface area contributed by atoms with Crippen LogP contribution in [0.25, 0.3) is 0 Å². The predicted molar refractivity (Wildman–Crippen MR) is 68.6 cm³/mol. The van der Waals surface area contributed by atoms with Crippen molar-refractivity contribution in [2.45, 2.75) is 4.90 Å². The third-order valence-corrected chi connectivity index (χ3v) is 3.63. The van der Waals surface area contributed by atoms with Gasteiger partial charge in [0.2, 0.25) is 0 Å². The first-order chi connectivity index (χ1) is 8.27. The smallest absolute Gasteiger partial charge is 0.254 e. The Morgan fingerprint density at radius 1 is 1.50 bits per heavy atom. The van der Waals surface area contributed by atoms with Gasteiger partial charge in [0.25, 0.3) is 5.91 Å². The van der Waals surface area contributed by atoms with Crippen LogP contribution in [0.5, 0.6) is 0 Å². The highest BCUT2D eigenvalue weighted by atomic mass is 79.9. The van der Waals surface area contributed by atoms with Crippen molar-refractivity contribution >= 4 is 31.7 Å². The first-order valence-corrected chi connectivity index (χ1v) is 7.63. The maximum absolute atomic E-state index is 13.9. The molecule has 0 unspecified atom stereocenters. The lowest BCUT2D eigenvalue weighted by molar-refractivity contribution is 0.0950. The van der Waals surface area contributed by atoms with Crippen LogP contribution in [0.1, 0.15) is 10.4 Å². The molecule has 0 aliphatic carbocycles. The van der Waals surface area contributed by atoms with E-state index in [2.05, 4.69) is 21.2 Å². The third kappa shape index (κ3) is 3.50. The van der Waals surface area contributed by atoms with Crippen LogP contribution in [0.15, 0.2) is 21.5 Å². The molecule has 1 aromatic rings. The maximum Gasteiger partial charge on any atom is 0.254 e. The van der Waals surface area contributed by atoms with Gasteiger partial charge in [0.1, 0.15) is 4.90 Å². The van der Waals surface area contributed by atoms with Crippen molar-refractivity contribution in [2.24, 2.45) is 5.73 Å². The monoisotopic (exact) mass is 338 g/mol. The fourth-order valence-corrected chi connectivity index (χ4v) is 2.67. The second-order valence-electron chi connectivity index (χ2n) is 3.58. The third-order valence-electron chi connectivity index (χ3n) is 2.08. The highest BCUT2D eigenvalue weighted by Gasteiger charge is 2.21. The van der Waals surface area contributed by atoms with Gasteiger partial charge in [-0.2, -0.15) is 0 Å². The zero-order valence-electron chi connectivity index (χ0n) is 9.54. The number of sulfone groups is 1. The van der Waals surface area contributed by atoms with Crippen molar-refractivity contribution in [3.8, 4) is 0 Å². The number of rotatable bonds is 4. The van der Waals surface area contributed by atoms with Gasteiger partial charge in [0, 0.05) is 23.8 Å². The predicted octanol–water partition coefficient (Wildman–Crippen LogP) is 0.680. The van der Waals surface area contributed by atoms with Crippen molar-refractivity contribution < 1.29 is 17.6 Å². The highest BCUT2D eigenvalue weighted by molar-refractivity contribution is 9.10. The summed E-state index contributed by atoms with van der Waals surface area (Å²) in [7, 11) is -3.74. The topological polar surface area (TPSA) is 89.3 Å². The molecule has 5 nitrogen and oxygen atoms in total. The number of hydrogen-bond acceptors (Lipinski definition) is 4. The molecule has 1 amide bonds. The van der Waals surface area contributed by atoms with Gasteiger partial charge in [0.05, 0.1) is 5.56 Å². The number of hydrogen-bond donors (Lipinski definition) is 2. The number of amides is 1. The SMILES string of the molecule is CS(=O)(=O)c1cc(Br)cc(C(=O)NCCN)c1F. The molecule has 1 aromatic carbocycles. The van der Waals surface area contributed by atoms with Crippen LogP contribution in [0.3, 0.4) is 0 Å². The Bertz CT molecular complexity index is 575. The van der Waals surface area contributed by atoms with Crippen molar-refractivity contribution in [1.82, 2.24) is 5.32 Å². The summed E-state index contributed by atoms with van der Waals surface area (Å²) in [6.07, 6.45) is 0.874. The number of nitrogens with one attached hydrogen (secondary N) is 1. The lowest BCUT2D eigenvalue weighted by atomic mass is 10.2. The Labute approximate surface area is 113 Å². The van der Waals surface area contributed by atoms with Crippen molar-refractivity contribution in [3.63, 3.8) is 0 Å². The van der Waals surface area contributed by atoms with E-state index >= 15 is 0 Å². The minimum atomic E-state index is -3.74. The Balaban J connectivity index is 3.30. The standard InChI is InChI=1S/C10H12BrFN2O3S/c1-18(16,17)8-5-6(11)4-7(9(8)12)10(15)14-3-2-13/h4-5H,2-3,13H2,1H3,(H,14,15). The van der Waals surface area contributed by atoms with Crippen LogP contribution in [0.2, 0.25) is 0 Å². The molecule has 0 spiro atoms. The molecule has 18 heavy (non-hydrogen) atoms. The second-order valence-corrected chi connectivity index (χ2v) is 6.48. The van der Waals surface area contributed by atoms with Gasteiger partial charge >= 0.3 is 0 Å². The van der Waals surface area contributed by atoms with E-state index in [1.165, 1.54) is 6.07 Å². The maximum atomic E-state index is 13.9. The summed E-state index contributed by atoms with van der Waals surface area (Å²) in [4.78, 5) is 11.1. The van der Waals surface area contributed by atoms with Gasteiger partial charge in [-0.05, 0) is 12.1 Å². The average molecular weight is 339 g/mol. The molecular formula is C10H12BrFN2O3S. The number of nitrogens with two attached hydrogens (primary N) is 1. The van der Waals surface area contributed by atoms with Gasteiger partial charge < -0.3 is 11.1 Å². The molecular weight excluding hydrogens is 327 g/mol. The summed E-state index contributed by atoms with van der Waals surface area (Å²) >= 11 is 3.04. The largest absolute Gasteiger partial charge is 0.351 e. The first kappa shape index (κ1) is 15.1. The molecule has 1 rings (SSSR count). The summed E-state index contributed by atoms with van der Waals surface area (Å²) in [5.41, 5.74) is 4.87. The first-order valence-electron chi connectivity index (χ1n) is 4.94. The van der Waals surface area contributed by atoms with Gasteiger partial charge in [-0.3, -0.25) is 4.79 Å². The fraction of sp³-hybridized carbons (Fsp3) is 0.300.